The molecule has 1 saturated heterocycles. The molecule has 4 rings (SSSR count). The van der Waals surface area contributed by atoms with Gasteiger partial charge in [-0.25, -0.2) is 13.9 Å². The number of ether oxygens (including phenoxy) is 1. The van der Waals surface area contributed by atoms with Crippen LogP contribution in [0.15, 0.2) is 60.9 Å². The van der Waals surface area contributed by atoms with Crippen LogP contribution in [0.3, 0.4) is 0 Å². The second-order valence-corrected chi connectivity index (χ2v) is 7.24. The van der Waals surface area contributed by atoms with Gasteiger partial charge in [0, 0.05) is 29.6 Å². The van der Waals surface area contributed by atoms with Gasteiger partial charge in [-0.15, -0.1) is 0 Å². The molecule has 164 valence electrons. The third-order valence-corrected chi connectivity index (χ3v) is 5.09. The van der Waals surface area contributed by atoms with Crippen LogP contribution in [0.25, 0.3) is 5.69 Å². The summed E-state index contributed by atoms with van der Waals surface area (Å²) in [6.45, 7) is 0.384. The monoisotopic (exact) mass is 437 g/mol. The van der Waals surface area contributed by atoms with Crippen molar-refractivity contribution >= 4 is 23.5 Å². The van der Waals surface area contributed by atoms with Crippen LogP contribution >= 0.6 is 0 Å². The number of carbonyl (C=O) groups excluding carboxylic acids is 3. The lowest BCUT2D eigenvalue weighted by Gasteiger charge is -2.17. The number of carbonyl (C=O) groups is 3. The highest BCUT2D eigenvalue weighted by Crippen LogP contribution is 2.35. The van der Waals surface area contributed by atoms with Crippen LogP contribution in [0.2, 0.25) is 0 Å². The quantitative estimate of drug-likeness (QED) is 0.565. The zero-order valence-electron chi connectivity index (χ0n) is 16.8. The van der Waals surface area contributed by atoms with Gasteiger partial charge in [0.2, 0.25) is 5.91 Å². The van der Waals surface area contributed by atoms with Crippen LogP contribution in [0.5, 0.6) is 0 Å². The lowest BCUT2D eigenvalue weighted by Crippen LogP contribution is -2.35. The molecule has 2 aromatic carbocycles. The maximum atomic E-state index is 14.1. The number of anilines is 1. The number of halogens is 1. The van der Waals surface area contributed by atoms with Gasteiger partial charge in [0.15, 0.2) is 0 Å². The fourth-order valence-electron chi connectivity index (χ4n) is 3.60. The van der Waals surface area contributed by atoms with E-state index >= 15 is 0 Å². The zero-order chi connectivity index (χ0) is 22.7. The number of hydrogen-bond donors (Lipinski definition) is 3. The van der Waals surface area contributed by atoms with Crippen LogP contribution in [0.1, 0.15) is 28.4 Å². The first-order chi connectivity index (χ1) is 15.4. The summed E-state index contributed by atoms with van der Waals surface area (Å²) in [7, 11) is 0. The number of amides is 4. The van der Waals surface area contributed by atoms with Gasteiger partial charge in [-0.3, -0.25) is 14.9 Å². The average Bonchev–Trinajstić information content (AvgIpc) is 3.43. The zero-order valence-corrected chi connectivity index (χ0v) is 16.8. The number of primary amides is 1. The highest BCUT2D eigenvalue weighted by Gasteiger charge is 2.36. The Hall–Kier alpha value is -4.05. The van der Waals surface area contributed by atoms with E-state index < -0.39 is 29.8 Å². The molecule has 4 amide bonds. The van der Waals surface area contributed by atoms with Crippen molar-refractivity contribution in [3.63, 3.8) is 0 Å². The second-order valence-electron chi connectivity index (χ2n) is 7.24. The molecular formula is C22H20FN5O4. The number of benzene rings is 2. The standard InChI is InChI=1S/C22H20FN5O4/c23-17-6-1-2-7-18(17)28-12-14(11-25-28)19-16(8-9-32-19)21(30)26-15-5-3-4-13(10-15)20(29)27-22(24)31/h1-7,10-12,16,19H,8-9H2,(H,26,30)(H3,24,27,29,31). The fourth-order valence-corrected chi connectivity index (χ4v) is 3.60. The third kappa shape index (κ3) is 4.49. The van der Waals surface area contributed by atoms with Crippen molar-refractivity contribution in [1.82, 2.24) is 15.1 Å². The Balaban J connectivity index is 1.49. The molecule has 2 atom stereocenters. The molecule has 2 heterocycles. The first-order valence-electron chi connectivity index (χ1n) is 9.85. The summed E-state index contributed by atoms with van der Waals surface area (Å²) in [6, 6.07) is 11.4. The topological polar surface area (TPSA) is 128 Å². The molecule has 1 aliphatic rings. The number of nitrogens with two attached hydrogens (primary N) is 1. The Kier molecular flexibility index (Phi) is 5.95. The van der Waals surface area contributed by atoms with Crippen molar-refractivity contribution < 1.29 is 23.5 Å². The van der Waals surface area contributed by atoms with Gasteiger partial charge in [0.25, 0.3) is 5.91 Å². The maximum Gasteiger partial charge on any atom is 0.319 e. The lowest BCUT2D eigenvalue weighted by atomic mass is 9.96. The van der Waals surface area contributed by atoms with Gasteiger partial charge in [-0.05, 0) is 36.8 Å². The van der Waals surface area contributed by atoms with E-state index in [9.17, 15) is 18.8 Å². The first kappa shape index (κ1) is 21.2. The van der Waals surface area contributed by atoms with E-state index in [2.05, 4.69) is 10.4 Å². The number of para-hydroxylation sites is 1. The number of aromatic nitrogens is 2. The molecule has 1 aliphatic heterocycles. The molecule has 2 unspecified atom stereocenters. The lowest BCUT2D eigenvalue weighted by molar-refractivity contribution is -0.121. The minimum absolute atomic E-state index is 0.173. The molecule has 4 N–H and O–H groups in total. The van der Waals surface area contributed by atoms with Gasteiger partial charge in [0.1, 0.15) is 11.5 Å². The van der Waals surface area contributed by atoms with Crippen molar-refractivity contribution in [3.8, 4) is 5.69 Å². The fraction of sp³-hybridized carbons (Fsp3) is 0.182. The molecule has 32 heavy (non-hydrogen) atoms. The summed E-state index contributed by atoms with van der Waals surface area (Å²) in [5.41, 5.74) is 6.48. The van der Waals surface area contributed by atoms with Crippen molar-refractivity contribution in [2.45, 2.75) is 12.5 Å². The van der Waals surface area contributed by atoms with E-state index in [1.165, 1.54) is 22.9 Å². The highest BCUT2D eigenvalue weighted by molar-refractivity contribution is 6.04. The predicted molar refractivity (Wildman–Crippen MR) is 112 cm³/mol. The van der Waals surface area contributed by atoms with Gasteiger partial charge in [0.05, 0.1) is 18.2 Å². The van der Waals surface area contributed by atoms with Gasteiger partial charge in [-0.1, -0.05) is 18.2 Å². The van der Waals surface area contributed by atoms with Gasteiger partial charge in [-0.2, -0.15) is 5.10 Å². The van der Waals surface area contributed by atoms with Crippen LogP contribution in [0, 0.1) is 11.7 Å². The SMILES string of the molecule is NC(=O)NC(=O)c1cccc(NC(=O)C2CCOC2c2cnn(-c3ccccc3F)c2)c1. The molecule has 0 aliphatic carbocycles. The van der Waals surface area contributed by atoms with Gasteiger partial charge >= 0.3 is 6.03 Å². The van der Waals surface area contributed by atoms with Crippen molar-refractivity contribution in [2.75, 3.05) is 11.9 Å². The van der Waals surface area contributed by atoms with Gasteiger partial charge < -0.3 is 15.8 Å². The predicted octanol–water partition coefficient (Wildman–Crippen LogP) is 2.54. The van der Waals surface area contributed by atoms with E-state index in [1.807, 2.05) is 5.32 Å². The summed E-state index contributed by atoms with van der Waals surface area (Å²) in [4.78, 5) is 35.8. The number of nitrogens with zero attached hydrogens (tertiary/aromatic N) is 2. The van der Waals surface area contributed by atoms with E-state index in [-0.39, 0.29) is 11.5 Å². The van der Waals surface area contributed by atoms with Crippen molar-refractivity contribution in [3.05, 3.63) is 77.9 Å². The first-order valence-corrected chi connectivity index (χ1v) is 9.85. The summed E-state index contributed by atoms with van der Waals surface area (Å²) in [5, 5.41) is 8.96. The van der Waals surface area contributed by atoms with Crippen molar-refractivity contribution in [2.24, 2.45) is 11.7 Å². The molecule has 3 aromatic rings. The van der Waals surface area contributed by atoms with E-state index in [1.54, 1.807) is 42.7 Å². The average molecular weight is 437 g/mol. The maximum absolute atomic E-state index is 14.1. The minimum atomic E-state index is -0.966. The Morgan fingerprint density at radius 2 is 1.97 bits per heavy atom. The Morgan fingerprint density at radius 1 is 1.16 bits per heavy atom. The summed E-state index contributed by atoms with van der Waals surface area (Å²) < 4.78 is 21.2. The van der Waals surface area contributed by atoms with Crippen LogP contribution in [0.4, 0.5) is 14.9 Å². The van der Waals surface area contributed by atoms with E-state index in [0.29, 0.717) is 30.0 Å². The molecule has 1 fully saturated rings. The molecule has 0 saturated carbocycles. The van der Waals surface area contributed by atoms with Crippen LogP contribution in [-0.2, 0) is 9.53 Å². The molecule has 9 nitrogen and oxygen atoms in total. The number of urea groups is 1. The summed E-state index contributed by atoms with van der Waals surface area (Å²) in [6.07, 6.45) is 3.14. The number of rotatable bonds is 5. The molecule has 0 bridgehead atoms. The number of hydrogen-bond acceptors (Lipinski definition) is 5. The minimum Gasteiger partial charge on any atom is -0.373 e. The van der Waals surface area contributed by atoms with E-state index in [4.69, 9.17) is 10.5 Å². The number of nitrogens with one attached hydrogen (secondary N) is 2. The third-order valence-electron chi connectivity index (χ3n) is 5.09. The molecular weight excluding hydrogens is 417 g/mol. The Morgan fingerprint density at radius 3 is 2.75 bits per heavy atom. The van der Waals surface area contributed by atoms with Crippen LogP contribution in [-0.4, -0.2) is 34.2 Å². The van der Waals surface area contributed by atoms with Crippen LogP contribution < -0.4 is 16.4 Å². The highest BCUT2D eigenvalue weighted by atomic mass is 19.1. The number of imide groups is 1. The Labute approximate surface area is 182 Å². The summed E-state index contributed by atoms with van der Waals surface area (Å²) >= 11 is 0. The molecule has 10 heteroatoms. The second kappa shape index (κ2) is 8.98. The molecule has 0 spiro atoms. The van der Waals surface area contributed by atoms with Crippen molar-refractivity contribution in [1.29, 1.82) is 0 Å². The summed E-state index contributed by atoms with van der Waals surface area (Å²) in [5.74, 6) is -1.88. The normalized spacial score (nSPS) is 17.7. The van der Waals surface area contributed by atoms with E-state index in [0.717, 1.165) is 0 Å². The largest absolute Gasteiger partial charge is 0.373 e. The Bertz CT molecular complexity index is 1180. The molecule has 0 radical (unpaired) electrons. The smallest absolute Gasteiger partial charge is 0.319 e. The molecule has 1 aromatic heterocycles.